The molecule has 0 aliphatic carbocycles. The molecule has 1 aliphatic heterocycles. The van der Waals surface area contributed by atoms with Gasteiger partial charge in [-0.2, -0.15) is 0 Å². The van der Waals surface area contributed by atoms with E-state index in [9.17, 15) is 9.59 Å². The van der Waals surface area contributed by atoms with E-state index in [1.807, 2.05) is 50.0 Å². The van der Waals surface area contributed by atoms with Gasteiger partial charge >= 0.3 is 11.9 Å². The molecule has 0 radical (unpaired) electrons. The number of esters is 2. The number of dihydropyridines is 1. The maximum Gasteiger partial charge on any atom is 0.336 e. The van der Waals surface area contributed by atoms with Gasteiger partial charge < -0.3 is 38.8 Å². The van der Waals surface area contributed by atoms with Crippen LogP contribution in [0.5, 0.6) is 0 Å². The van der Waals surface area contributed by atoms with Gasteiger partial charge in [-0.15, -0.1) is 24.0 Å². The largest absolute Gasteiger partial charge is 1.00 e. The van der Waals surface area contributed by atoms with Crippen LogP contribution in [0, 0.1) is 0 Å². The van der Waals surface area contributed by atoms with Gasteiger partial charge in [0.1, 0.15) is 7.05 Å². The molecule has 0 saturated carbocycles. The average Bonchev–Trinajstić information content (AvgIpc) is 2.91. The Labute approximate surface area is 283 Å². The molecule has 0 fully saturated rings. The Balaban J connectivity index is 0.00000800. The zero-order valence-electron chi connectivity index (χ0n) is 26.1. The molecule has 1 N–H and O–H groups in total. The summed E-state index contributed by atoms with van der Waals surface area (Å²) in [6.45, 7) is 8.97. The van der Waals surface area contributed by atoms with Crippen LogP contribution < -0.4 is 33.9 Å². The lowest BCUT2D eigenvalue weighted by molar-refractivity contribution is -0.671. The monoisotopic (exact) mass is 796 g/mol. The van der Waals surface area contributed by atoms with Crippen LogP contribution in [0.15, 0.2) is 47.1 Å². The van der Waals surface area contributed by atoms with Gasteiger partial charge in [0.2, 0.25) is 0 Å². The van der Waals surface area contributed by atoms with E-state index in [0.29, 0.717) is 24.4 Å². The summed E-state index contributed by atoms with van der Waals surface area (Å²) in [5.74, 6) is -1.28. The summed E-state index contributed by atoms with van der Waals surface area (Å²) in [6.07, 6.45) is 20.1. The summed E-state index contributed by atoms with van der Waals surface area (Å²) in [6, 6.07) is 3.90. The summed E-state index contributed by atoms with van der Waals surface area (Å²) in [5, 5.41) is 3.27. The number of aromatic nitrogens is 1. The van der Waals surface area contributed by atoms with Crippen molar-refractivity contribution in [1.82, 2.24) is 5.32 Å². The van der Waals surface area contributed by atoms with Crippen LogP contribution in [-0.2, 0) is 26.1 Å². The van der Waals surface area contributed by atoms with Crippen molar-refractivity contribution in [2.75, 3.05) is 13.2 Å². The van der Waals surface area contributed by atoms with Gasteiger partial charge in [0.25, 0.3) is 0 Å². The summed E-state index contributed by atoms with van der Waals surface area (Å²) >= 11 is 0. The number of hydrogen-bond donors (Lipinski definition) is 1. The highest BCUT2D eigenvalue weighted by atomic mass is 127. The van der Waals surface area contributed by atoms with Crippen molar-refractivity contribution in [2.24, 2.45) is 7.05 Å². The first-order chi connectivity index (χ1) is 18.9. The van der Waals surface area contributed by atoms with E-state index < -0.39 is 5.92 Å². The van der Waals surface area contributed by atoms with Crippen LogP contribution in [0.2, 0.25) is 0 Å². The fourth-order valence-corrected chi connectivity index (χ4v) is 5.25. The number of nitrogens with zero attached hydrogens (tertiary/aromatic N) is 1. The number of nitrogens with one attached hydrogen (secondary N) is 1. The number of halogens is 2. The van der Waals surface area contributed by atoms with E-state index >= 15 is 0 Å². The third kappa shape index (κ3) is 14.2. The zero-order chi connectivity index (χ0) is 28.5. The molecule has 0 aromatic carbocycles. The molecule has 0 unspecified atom stereocenters. The van der Waals surface area contributed by atoms with Gasteiger partial charge in [-0.05, 0) is 32.8 Å². The highest BCUT2D eigenvalue weighted by Gasteiger charge is 2.39. The average molecular weight is 797 g/mol. The van der Waals surface area contributed by atoms with Gasteiger partial charge in [0, 0.05) is 23.0 Å². The van der Waals surface area contributed by atoms with Crippen LogP contribution in [0.1, 0.15) is 129 Å². The molecule has 0 atom stereocenters. The van der Waals surface area contributed by atoms with Crippen molar-refractivity contribution < 1.29 is 47.6 Å². The highest BCUT2D eigenvalue weighted by Crippen LogP contribution is 2.38. The van der Waals surface area contributed by atoms with Gasteiger partial charge in [0.05, 0.1) is 30.3 Å². The quantitative estimate of drug-likeness (QED) is 0.0930. The van der Waals surface area contributed by atoms with Crippen molar-refractivity contribution in [1.29, 1.82) is 0 Å². The predicted molar refractivity (Wildman–Crippen MR) is 172 cm³/mol. The molecule has 0 amide bonds. The first-order valence-electron chi connectivity index (χ1n) is 15.4. The second-order valence-corrected chi connectivity index (χ2v) is 11.0. The molecular formula is C33H54I2N2O4. The maximum atomic E-state index is 13.4. The standard InChI is InChI=1S/C33H52N2O4.2HI/c1-6-8-10-12-14-16-18-23-38-32(36)29-26(3)34-27(4)30(31(29)28-21-20-22-35(5)25-28)33(37)39-24-19-17-15-13-11-9-7-2;;/h20-22,25,31H,6-19,23-24H2,1-5H3;2*1H. The summed E-state index contributed by atoms with van der Waals surface area (Å²) in [7, 11) is 1.94. The summed E-state index contributed by atoms with van der Waals surface area (Å²) in [4.78, 5) is 26.9. The van der Waals surface area contributed by atoms with Crippen molar-refractivity contribution in [3.05, 3.63) is 52.6 Å². The lowest BCUT2D eigenvalue weighted by Gasteiger charge is -2.30. The molecule has 6 nitrogen and oxygen atoms in total. The molecule has 1 aliphatic rings. The minimum Gasteiger partial charge on any atom is -1.00 e. The molecule has 8 heteroatoms. The number of carbonyl (C=O) groups is 2. The first-order valence-corrected chi connectivity index (χ1v) is 15.4. The second-order valence-electron chi connectivity index (χ2n) is 11.0. The van der Waals surface area contributed by atoms with Gasteiger partial charge in [-0.25, -0.2) is 14.2 Å². The number of unbranched alkanes of at least 4 members (excludes halogenated alkanes) is 12. The van der Waals surface area contributed by atoms with E-state index in [1.54, 1.807) is 0 Å². The Hall–Kier alpha value is -1.17. The van der Waals surface area contributed by atoms with Crippen molar-refractivity contribution in [3.8, 4) is 0 Å². The van der Waals surface area contributed by atoms with E-state index in [-0.39, 0.29) is 59.9 Å². The van der Waals surface area contributed by atoms with Crippen LogP contribution in [0.4, 0.5) is 0 Å². The number of pyridine rings is 1. The van der Waals surface area contributed by atoms with E-state index in [0.717, 1.165) is 42.6 Å². The van der Waals surface area contributed by atoms with E-state index in [4.69, 9.17) is 9.47 Å². The Bertz CT molecular complexity index is 924. The molecule has 2 heterocycles. The smallest absolute Gasteiger partial charge is 0.336 e. The lowest BCUT2D eigenvalue weighted by atomic mass is 9.81. The van der Waals surface area contributed by atoms with Crippen LogP contribution in [0.25, 0.3) is 0 Å². The molecule has 0 saturated heterocycles. The molecule has 0 bridgehead atoms. The predicted octanol–water partition coefficient (Wildman–Crippen LogP) is 4.96. The number of rotatable bonds is 19. The second kappa shape index (κ2) is 23.3. The van der Waals surface area contributed by atoms with Gasteiger partial charge in [-0.3, -0.25) is 0 Å². The van der Waals surface area contributed by atoms with Gasteiger partial charge in [-0.1, -0.05) is 90.9 Å². The molecular weight excluding hydrogens is 742 g/mol. The minimum atomic E-state index is -0.540. The fourth-order valence-electron chi connectivity index (χ4n) is 5.25. The van der Waals surface area contributed by atoms with Crippen LogP contribution >= 0.6 is 24.0 Å². The fraction of sp³-hybridized carbons (Fsp3) is 0.667. The highest BCUT2D eigenvalue weighted by molar-refractivity contribution is 14.0. The Kier molecular flexibility index (Phi) is 22.6. The Morgan fingerprint density at radius 2 is 1.17 bits per heavy atom. The van der Waals surface area contributed by atoms with E-state index in [2.05, 4.69) is 19.2 Å². The van der Waals surface area contributed by atoms with Crippen molar-refractivity contribution in [2.45, 2.75) is 124 Å². The van der Waals surface area contributed by atoms with Crippen LogP contribution in [-0.4, -0.2) is 25.2 Å². The van der Waals surface area contributed by atoms with Crippen molar-refractivity contribution in [3.63, 3.8) is 0 Å². The molecule has 41 heavy (non-hydrogen) atoms. The molecule has 1 aromatic rings. The topological polar surface area (TPSA) is 68.5 Å². The number of ether oxygens (including phenoxy) is 2. The normalized spacial score (nSPS) is 13.3. The zero-order valence-corrected chi connectivity index (χ0v) is 30.6. The summed E-state index contributed by atoms with van der Waals surface area (Å²) in [5.41, 5.74) is 3.27. The molecule has 0 spiro atoms. The number of aryl methyl sites for hydroxylation is 1. The maximum absolute atomic E-state index is 13.4. The van der Waals surface area contributed by atoms with Crippen molar-refractivity contribution >= 4 is 35.9 Å². The van der Waals surface area contributed by atoms with Gasteiger partial charge in [0.15, 0.2) is 12.4 Å². The Morgan fingerprint density at radius 1 is 0.756 bits per heavy atom. The molecule has 2 rings (SSSR count). The number of carbonyl (C=O) groups excluding carboxylic acids is 2. The van der Waals surface area contributed by atoms with E-state index in [1.165, 1.54) is 64.2 Å². The molecule has 1 aromatic heterocycles. The SMILES string of the molecule is CCCCCCCCCOC(=O)C1=C(C)NC(C)=C(C(=O)OCCCCCCCCC)C1c1ccc[n+](C)c1.I.[I-]. The molecule has 234 valence electrons. The third-order valence-corrected chi connectivity index (χ3v) is 7.46. The third-order valence-electron chi connectivity index (χ3n) is 7.46. The lowest BCUT2D eigenvalue weighted by Crippen LogP contribution is -3.00. The van der Waals surface area contributed by atoms with Crippen LogP contribution in [0.3, 0.4) is 0 Å². The number of hydrogen-bond acceptors (Lipinski definition) is 5. The first kappa shape index (κ1) is 39.8. The Morgan fingerprint density at radius 3 is 1.59 bits per heavy atom. The minimum absolute atomic E-state index is 0. The number of allylic oxidation sites excluding steroid dienone is 2. The summed E-state index contributed by atoms with van der Waals surface area (Å²) < 4.78 is 13.5.